The summed E-state index contributed by atoms with van der Waals surface area (Å²) in [6.07, 6.45) is 2.30. The number of carbonyl (C=O) groups is 1. The van der Waals surface area contributed by atoms with Crippen molar-refractivity contribution in [1.82, 2.24) is 5.32 Å². The average molecular weight is 281 g/mol. The molecule has 0 radical (unpaired) electrons. The minimum absolute atomic E-state index is 0.292. The molecule has 1 aliphatic carbocycles. The van der Waals surface area contributed by atoms with Crippen LogP contribution in [0.4, 0.5) is 0 Å². The third-order valence-electron chi connectivity index (χ3n) is 4.06. The molecule has 21 heavy (non-hydrogen) atoms. The van der Waals surface area contributed by atoms with Gasteiger partial charge in [-0.15, -0.1) is 0 Å². The summed E-state index contributed by atoms with van der Waals surface area (Å²) in [7, 11) is 1.40. The number of esters is 1. The summed E-state index contributed by atoms with van der Waals surface area (Å²) in [5.74, 6) is -0.292. The van der Waals surface area contributed by atoms with Crippen LogP contribution in [0, 0.1) is 0 Å². The van der Waals surface area contributed by atoms with E-state index in [1.54, 1.807) is 0 Å². The van der Waals surface area contributed by atoms with Gasteiger partial charge in [-0.05, 0) is 41.7 Å². The molecule has 0 spiro atoms. The molecular weight excluding hydrogens is 262 g/mol. The fraction of sp³-hybridized carbons (Fsp3) is 0.278. The van der Waals surface area contributed by atoms with E-state index in [0.29, 0.717) is 11.6 Å². The molecule has 108 valence electrons. The molecule has 0 bridgehead atoms. The number of methoxy groups -OCH3 is 1. The number of hydrogen-bond donors (Lipinski definition) is 1. The molecule has 2 aromatic rings. The van der Waals surface area contributed by atoms with Crippen LogP contribution in [-0.2, 0) is 17.7 Å². The highest BCUT2D eigenvalue weighted by atomic mass is 16.5. The average Bonchev–Trinajstić information content (AvgIpc) is 2.96. The maximum Gasteiger partial charge on any atom is 0.337 e. The van der Waals surface area contributed by atoms with Crippen LogP contribution in [0.25, 0.3) is 0 Å². The normalized spacial score (nSPS) is 16.5. The van der Waals surface area contributed by atoms with E-state index in [9.17, 15) is 4.79 Å². The summed E-state index contributed by atoms with van der Waals surface area (Å²) in [6.45, 7) is 0.806. The highest BCUT2D eigenvalue weighted by Crippen LogP contribution is 2.30. The van der Waals surface area contributed by atoms with Gasteiger partial charge in [0.05, 0.1) is 12.7 Å². The summed E-state index contributed by atoms with van der Waals surface area (Å²) in [4.78, 5) is 11.4. The number of rotatable bonds is 4. The summed E-state index contributed by atoms with van der Waals surface area (Å²) >= 11 is 0. The third kappa shape index (κ3) is 2.98. The van der Waals surface area contributed by atoms with Crippen molar-refractivity contribution >= 4 is 5.97 Å². The second kappa shape index (κ2) is 6.10. The molecule has 3 rings (SSSR count). The molecular formula is C18H19NO2. The summed E-state index contributed by atoms with van der Waals surface area (Å²) in [5.41, 5.74) is 4.64. The molecule has 0 aromatic heterocycles. The standard InChI is InChI=1S/C18H19NO2/c1-21-18(20)15-8-6-13(7-9-15)12-19-17-11-10-14-4-2-3-5-16(14)17/h2-9,17,19H,10-12H2,1H3. The molecule has 1 N–H and O–H groups in total. The molecule has 0 aliphatic heterocycles. The van der Waals surface area contributed by atoms with Gasteiger partial charge in [-0.3, -0.25) is 0 Å². The number of ether oxygens (including phenoxy) is 1. The van der Waals surface area contributed by atoms with Crippen molar-refractivity contribution < 1.29 is 9.53 Å². The lowest BCUT2D eigenvalue weighted by molar-refractivity contribution is 0.0600. The fourth-order valence-corrected chi connectivity index (χ4v) is 2.89. The first kappa shape index (κ1) is 13.8. The number of benzene rings is 2. The van der Waals surface area contributed by atoms with E-state index in [4.69, 9.17) is 4.74 Å². The van der Waals surface area contributed by atoms with Crippen molar-refractivity contribution in [2.45, 2.75) is 25.4 Å². The van der Waals surface area contributed by atoms with Gasteiger partial charge in [0.2, 0.25) is 0 Å². The first-order valence-corrected chi connectivity index (χ1v) is 7.26. The Bertz CT molecular complexity index is 634. The lowest BCUT2D eigenvalue weighted by atomic mass is 10.1. The number of nitrogens with one attached hydrogen (secondary N) is 1. The summed E-state index contributed by atoms with van der Waals surface area (Å²) < 4.78 is 4.70. The van der Waals surface area contributed by atoms with Crippen LogP contribution < -0.4 is 5.32 Å². The molecule has 0 amide bonds. The van der Waals surface area contributed by atoms with Crippen molar-refractivity contribution in [2.24, 2.45) is 0 Å². The van der Waals surface area contributed by atoms with Crippen LogP contribution in [0.1, 0.15) is 39.5 Å². The Morgan fingerprint density at radius 2 is 1.95 bits per heavy atom. The van der Waals surface area contributed by atoms with Crippen molar-refractivity contribution in [1.29, 1.82) is 0 Å². The summed E-state index contributed by atoms with van der Waals surface area (Å²) in [6, 6.07) is 16.6. The second-order valence-electron chi connectivity index (χ2n) is 5.36. The van der Waals surface area contributed by atoms with Gasteiger partial charge in [-0.25, -0.2) is 4.79 Å². The van der Waals surface area contributed by atoms with E-state index in [2.05, 4.69) is 29.6 Å². The molecule has 1 unspecified atom stereocenters. The van der Waals surface area contributed by atoms with Crippen molar-refractivity contribution in [3.8, 4) is 0 Å². The van der Waals surface area contributed by atoms with E-state index < -0.39 is 0 Å². The van der Waals surface area contributed by atoms with Crippen molar-refractivity contribution in [3.05, 3.63) is 70.8 Å². The highest BCUT2D eigenvalue weighted by molar-refractivity contribution is 5.89. The molecule has 3 heteroatoms. The Morgan fingerprint density at radius 1 is 1.19 bits per heavy atom. The Labute approximate surface area is 124 Å². The van der Waals surface area contributed by atoms with Crippen molar-refractivity contribution in [2.75, 3.05) is 7.11 Å². The smallest absolute Gasteiger partial charge is 0.337 e. The first-order valence-electron chi connectivity index (χ1n) is 7.26. The summed E-state index contributed by atoms with van der Waals surface area (Å²) in [5, 5.41) is 3.60. The Hall–Kier alpha value is -2.13. The van der Waals surface area contributed by atoms with Gasteiger partial charge in [0.15, 0.2) is 0 Å². The van der Waals surface area contributed by atoms with Crippen LogP contribution in [0.5, 0.6) is 0 Å². The predicted molar refractivity (Wildman–Crippen MR) is 82.1 cm³/mol. The lowest BCUT2D eigenvalue weighted by Gasteiger charge is -2.14. The van der Waals surface area contributed by atoms with Gasteiger partial charge >= 0.3 is 5.97 Å². The molecule has 1 aliphatic rings. The largest absolute Gasteiger partial charge is 0.465 e. The predicted octanol–water partition coefficient (Wildman–Crippen LogP) is 3.25. The van der Waals surface area contributed by atoms with Gasteiger partial charge in [0, 0.05) is 12.6 Å². The minimum atomic E-state index is -0.292. The number of aryl methyl sites for hydroxylation is 1. The number of fused-ring (bicyclic) bond motifs is 1. The molecule has 0 fully saturated rings. The first-order chi connectivity index (χ1) is 10.3. The monoisotopic (exact) mass is 281 g/mol. The van der Waals surface area contributed by atoms with E-state index in [-0.39, 0.29) is 5.97 Å². The Balaban J connectivity index is 1.62. The number of hydrogen-bond acceptors (Lipinski definition) is 3. The zero-order valence-electron chi connectivity index (χ0n) is 12.1. The molecule has 0 saturated carbocycles. The van der Waals surface area contributed by atoms with E-state index in [1.165, 1.54) is 23.8 Å². The topological polar surface area (TPSA) is 38.3 Å². The lowest BCUT2D eigenvalue weighted by Crippen LogP contribution is -2.18. The molecule has 0 saturated heterocycles. The van der Waals surface area contributed by atoms with Crippen LogP contribution >= 0.6 is 0 Å². The van der Waals surface area contributed by atoms with Crippen LogP contribution in [0.3, 0.4) is 0 Å². The van der Waals surface area contributed by atoms with Crippen molar-refractivity contribution in [3.63, 3.8) is 0 Å². The third-order valence-corrected chi connectivity index (χ3v) is 4.06. The van der Waals surface area contributed by atoms with E-state index in [0.717, 1.165) is 19.4 Å². The quantitative estimate of drug-likeness (QED) is 0.874. The van der Waals surface area contributed by atoms with Crippen LogP contribution in [-0.4, -0.2) is 13.1 Å². The van der Waals surface area contributed by atoms with E-state index in [1.807, 2.05) is 24.3 Å². The van der Waals surface area contributed by atoms with Gasteiger partial charge < -0.3 is 10.1 Å². The zero-order chi connectivity index (χ0) is 14.7. The highest BCUT2D eigenvalue weighted by Gasteiger charge is 2.20. The maximum atomic E-state index is 11.4. The molecule has 1 atom stereocenters. The van der Waals surface area contributed by atoms with Crippen LogP contribution in [0.15, 0.2) is 48.5 Å². The Kier molecular flexibility index (Phi) is 4.02. The molecule has 0 heterocycles. The molecule has 2 aromatic carbocycles. The van der Waals surface area contributed by atoms with Gasteiger partial charge in [-0.1, -0.05) is 36.4 Å². The minimum Gasteiger partial charge on any atom is -0.465 e. The second-order valence-corrected chi connectivity index (χ2v) is 5.36. The molecule has 3 nitrogen and oxygen atoms in total. The van der Waals surface area contributed by atoms with Gasteiger partial charge in [-0.2, -0.15) is 0 Å². The van der Waals surface area contributed by atoms with Gasteiger partial charge in [0.1, 0.15) is 0 Å². The Morgan fingerprint density at radius 3 is 2.71 bits per heavy atom. The van der Waals surface area contributed by atoms with Crippen LogP contribution in [0.2, 0.25) is 0 Å². The zero-order valence-corrected chi connectivity index (χ0v) is 12.1. The van der Waals surface area contributed by atoms with Gasteiger partial charge in [0.25, 0.3) is 0 Å². The number of carbonyl (C=O) groups excluding carboxylic acids is 1. The van der Waals surface area contributed by atoms with E-state index >= 15 is 0 Å². The fourth-order valence-electron chi connectivity index (χ4n) is 2.89. The SMILES string of the molecule is COC(=O)c1ccc(CNC2CCc3ccccc32)cc1. The maximum absolute atomic E-state index is 11.4.